The van der Waals surface area contributed by atoms with Gasteiger partial charge in [-0.05, 0) is 18.2 Å². The Bertz CT molecular complexity index is 658. The molecule has 0 atom stereocenters. The first-order valence-electron chi connectivity index (χ1n) is 6.63. The number of hydrogen-bond donors (Lipinski definition) is 2. The number of benzene rings is 1. The van der Waals surface area contributed by atoms with E-state index in [2.05, 4.69) is 20.6 Å². The summed E-state index contributed by atoms with van der Waals surface area (Å²) >= 11 is 0. The topological polar surface area (TPSA) is 66.9 Å². The van der Waals surface area contributed by atoms with Crippen LogP contribution in [0.5, 0.6) is 0 Å². The molecular weight excluding hydrogens is 271 g/mol. The van der Waals surface area contributed by atoms with Gasteiger partial charge in [-0.1, -0.05) is 19.9 Å². The van der Waals surface area contributed by atoms with Gasteiger partial charge >= 0.3 is 0 Å². The predicted octanol–water partition coefficient (Wildman–Crippen LogP) is 3.03. The van der Waals surface area contributed by atoms with E-state index in [9.17, 15) is 9.18 Å². The van der Waals surface area contributed by atoms with Gasteiger partial charge < -0.3 is 10.6 Å². The minimum absolute atomic E-state index is 0.108. The lowest BCUT2D eigenvalue weighted by molar-refractivity contribution is 0.102. The fraction of sp³-hybridized carbons (Fsp3) is 0.267. The molecule has 2 rings (SSSR count). The Morgan fingerprint density at radius 2 is 2.10 bits per heavy atom. The highest BCUT2D eigenvalue weighted by Gasteiger charge is 2.16. The van der Waals surface area contributed by atoms with Crippen LogP contribution in [-0.4, -0.2) is 22.9 Å². The number of aromatic nitrogens is 2. The van der Waals surface area contributed by atoms with Crippen LogP contribution in [0.2, 0.25) is 0 Å². The maximum Gasteiger partial charge on any atom is 0.276 e. The lowest BCUT2D eigenvalue weighted by Gasteiger charge is -2.11. The maximum atomic E-state index is 13.1. The van der Waals surface area contributed by atoms with Gasteiger partial charge in [0.25, 0.3) is 5.91 Å². The first-order chi connectivity index (χ1) is 10.0. The van der Waals surface area contributed by atoms with Crippen LogP contribution in [0.4, 0.5) is 15.8 Å². The first kappa shape index (κ1) is 14.9. The van der Waals surface area contributed by atoms with Crippen molar-refractivity contribution in [3.05, 3.63) is 47.8 Å². The largest absolute Gasteiger partial charge is 0.385 e. The molecule has 0 saturated heterocycles. The van der Waals surface area contributed by atoms with Crippen molar-refractivity contribution in [3.63, 3.8) is 0 Å². The summed E-state index contributed by atoms with van der Waals surface area (Å²) in [6.07, 6.45) is 1.57. The summed E-state index contributed by atoms with van der Waals surface area (Å²) in [7, 11) is 1.69. The van der Waals surface area contributed by atoms with E-state index in [1.165, 1.54) is 18.2 Å². The van der Waals surface area contributed by atoms with Crippen molar-refractivity contribution >= 4 is 17.3 Å². The smallest absolute Gasteiger partial charge is 0.276 e. The fourth-order valence-electron chi connectivity index (χ4n) is 1.79. The lowest BCUT2D eigenvalue weighted by atomic mass is 10.2. The van der Waals surface area contributed by atoms with Crippen LogP contribution < -0.4 is 10.6 Å². The van der Waals surface area contributed by atoms with Crippen molar-refractivity contribution in [2.24, 2.45) is 0 Å². The average Bonchev–Trinajstić information content (AvgIpc) is 2.46. The van der Waals surface area contributed by atoms with Gasteiger partial charge in [-0.2, -0.15) is 0 Å². The van der Waals surface area contributed by atoms with E-state index in [4.69, 9.17) is 0 Å². The monoisotopic (exact) mass is 288 g/mol. The number of hydrogen-bond acceptors (Lipinski definition) is 4. The molecule has 0 radical (unpaired) electrons. The number of carbonyl (C=O) groups is 1. The molecule has 0 fully saturated rings. The fourth-order valence-corrected chi connectivity index (χ4v) is 1.79. The number of anilines is 2. The highest BCUT2D eigenvalue weighted by atomic mass is 19.1. The van der Waals surface area contributed by atoms with Gasteiger partial charge in [-0.25, -0.2) is 14.4 Å². The second-order valence-electron chi connectivity index (χ2n) is 4.86. The molecule has 0 aliphatic heterocycles. The third kappa shape index (κ3) is 3.53. The Morgan fingerprint density at radius 3 is 2.71 bits per heavy atom. The van der Waals surface area contributed by atoms with Crippen molar-refractivity contribution in [1.29, 1.82) is 0 Å². The minimum Gasteiger partial charge on any atom is -0.385 e. The van der Waals surface area contributed by atoms with Crippen LogP contribution in [0.15, 0.2) is 30.5 Å². The molecule has 21 heavy (non-hydrogen) atoms. The number of halogens is 1. The van der Waals surface area contributed by atoms with Gasteiger partial charge in [0.05, 0.1) is 11.9 Å². The van der Waals surface area contributed by atoms with Crippen LogP contribution in [0, 0.1) is 5.82 Å². The highest BCUT2D eigenvalue weighted by molar-refractivity contribution is 6.06. The second kappa shape index (κ2) is 6.30. The summed E-state index contributed by atoms with van der Waals surface area (Å²) in [5.74, 6) is -0.128. The summed E-state index contributed by atoms with van der Waals surface area (Å²) in [5.41, 5.74) is 1.14. The van der Waals surface area contributed by atoms with Crippen molar-refractivity contribution in [2.45, 2.75) is 19.8 Å². The number of rotatable bonds is 4. The van der Waals surface area contributed by atoms with Crippen molar-refractivity contribution < 1.29 is 9.18 Å². The zero-order valence-electron chi connectivity index (χ0n) is 12.1. The average molecular weight is 288 g/mol. The van der Waals surface area contributed by atoms with Crippen molar-refractivity contribution in [1.82, 2.24) is 9.97 Å². The molecule has 0 unspecified atom stereocenters. The first-order valence-corrected chi connectivity index (χ1v) is 6.63. The molecule has 2 N–H and O–H groups in total. The SMILES string of the molecule is CNc1cnc(C(C)C)nc1C(=O)Nc1cccc(F)c1. The van der Waals surface area contributed by atoms with Gasteiger partial charge in [-0.15, -0.1) is 0 Å². The maximum absolute atomic E-state index is 13.1. The lowest BCUT2D eigenvalue weighted by Crippen LogP contribution is -2.18. The number of amides is 1. The Morgan fingerprint density at radius 1 is 1.33 bits per heavy atom. The van der Waals surface area contributed by atoms with E-state index in [0.717, 1.165) is 0 Å². The van der Waals surface area contributed by atoms with Crippen molar-refractivity contribution in [2.75, 3.05) is 17.7 Å². The number of carbonyl (C=O) groups excluding carboxylic acids is 1. The standard InChI is InChI=1S/C15H17FN4O/c1-9(2)14-18-8-12(17-3)13(20-14)15(21)19-11-6-4-5-10(16)7-11/h4-9,17H,1-3H3,(H,19,21). The van der Waals surface area contributed by atoms with Gasteiger partial charge in [0, 0.05) is 18.7 Å². The molecule has 0 bridgehead atoms. The molecule has 6 heteroatoms. The Balaban J connectivity index is 2.31. The van der Waals surface area contributed by atoms with Crippen LogP contribution in [0.1, 0.15) is 36.1 Å². The van der Waals surface area contributed by atoms with Crippen LogP contribution >= 0.6 is 0 Å². The van der Waals surface area contributed by atoms with E-state index in [-0.39, 0.29) is 11.6 Å². The molecular formula is C15H17FN4O. The van der Waals surface area contributed by atoms with E-state index < -0.39 is 11.7 Å². The molecule has 2 aromatic rings. The molecule has 1 amide bonds. The molecule has 0 aliphatic rings. The van der Waals surface area contributed by atoms with Crippen LogP contribution in [0.3, 0.4) is 0 Å². The minimum atomic E-state index is -0.410. The van der Waals surface area contributed by atoms with E-state index in [0.29, 0.717) is 17.2 Å². The van der Waals surface area contributed by atoms with Crippen molar-refractivity contribution in [3.8, 4) is 0 Å². The molecule has 1 aromatic heterocycles. The van der Waals surface area contributed by atoms with Gasteiger partial charge in [0.1, 0.15) is 11.6 Å². The Kier molecular flexibility index (Phi) is 4.47. The molecule has 5 nitrogen and oxygen atoms in total. The van der Waals surface area contributed by atoms with E-state index in [1.54, 1.807) is 19.3 Å². The quantitative estimate of drug-likeness (QED) is 0.907. The Hall–Kier alpha value is -2.50. The predicted molar refractivity (Wildman–Crippen MR) is 80.0 cm³/mol. The zero-order valence-corrected chi connectivity index (χ0v) is 12.1. The van der Waals surface area contributed by atoms with E-state index in [1.807, 2.05) is 13.8 Å². The van der Waals surface area contributed by atoms with Crippen LogP contribution in [0.25, 0.3) is 0 Å². The summed E-state index contributed by atoms with van der Waals surface area (Å²) in [6, 6.07) is 5.71. The molecule has 110 valence electrons. The van der Waals surface area contributed by atoms with Crippen LogP contribution in [-0.2, 0) is 0 Å². The second-order valence-corrected chi connectivity index (χ2v) is 4.86. The van der Waals surface area contributed by atoms with Gasteiger partial charge in [0.15, 0.2) is 5.69 Å². The molecule has 0 saturated carbocycles. The molecule has 0 aliphatic carbocycles. The van der Waals surface area contributed by atoms with E-state index >= 15 is 0 Å². The third-order valence-corrected chi connectivity index (χ3v) is 2.89. The summed E-state index contributed by atoms with van der Waals surface area (Å²) in [4.78, 5) is 20.8. The highest BCUT2D eigenvalue weighted by Crippen LogP contribution is 2.18. The zero-order chi connectivity index (χ0) is 15.4. The molecule has 1 aromatic carbocycles. The molecule has 1 heterocycles. The number of nitrogens with zero attached hydrogens (tertiary/aromatic N) is 2. The third-order valence-electron chi connectivity index (χ3n) is 2.89. The number of nitrogens with one attached hydrogen (secondary N) is 2. The summed E-state index contributed by atoms with van der Waals surface area (Å²) < 4.78 is 13.1. The molecule has 0 spiro atoms. The van der Waals surface area contributed by atoms with Gasteiger partial charge in [0.2, 0.25) is 0 Å². The summed E-state index contributed by atoms with van der Waals surface area (Å²) in [5, 5.41) is 5.51. The normalized spacial score (nSPS) is 10.5. The summed E-state index contributed by atoms with van der Waals surface area (Å²) in [6.45, 7) is 3.89. The van der Waals surface area contributed by atoms with Gasteiger partial charge in [-0.3, -0.25) is 4.79 Å². The Labute approximate surface area is 122 Å².